The normalized spacial score (nSPS) is 17.8. The zero-order valence-electron chi connectivity index (χ0n) is 10.0. The number of hydrogen-bond acceptors (Lipinski definition) is 1. The van der Waals surface area contributed by atoms with E-state index in [1.165, 1.54) is 4.90 Å². The van der Waals surface area contributed by atoms with Gasteiger partial charge in [0.2, 0.25) is 5.91 Å². The third-order valence-corrected chi connectivity index (χ3v) is 3.09. The summed E-state index contributed by atoms with van der Waals surface area (Å²) in [7, 11) is 0. The van der Waals surface area contributed by atoms with Crippen molar-refractivity contribution in [2.75, 3.05) is 13.1 Å². The molecule has 2 nitrogen and oxygen atoms in total. The number of amides is 1. The Bertz CT molecular complexity index is 453. The maximum atomic E-state index is 13.0. The lowest BCUT2D eigenvalue weighted by atomic mass is 10.1. The molecule has 2 rings (SSSR count). The second-order valence-electron chi connectivity index (χ2n) is 4.54. The Hall–Kier alpha value is -1.71. The molecule has 1 aromatic rings. The topological polar surface area (TPSA) is 20.3 Å². The number of likely N-dealkylation sites (tertiary alicyclic amines) is 1. The minimum atomic E-state index is -2.72. The van der Waals surface area contributed by atoms with E-state index in [-0.39, 0.29) is 25.3 Å². The van der Waals surface area contributed by atoms with Gasteiger partial charge in [-0.15, -0.1) is 0 Å². The fourth-order valence-electron chi connectivity index (χ4n) is 2.01. The van der Waals surface area contributed by atoms with Crippen LogP contribution in [0, 0.1) is 0 Å². The molecule has 18 heavy (non-hydrogen) atoms. The molecule has 0 bridgehead atoms. The van der Waals surface area contributed by atoms with E-state index in [1.54, 1.807) is 6.08 Å². The third-order valence-electron chi connectivity index (χ3n) is 3.09. The molecule has 1 aromatic carbocycles. The molecule has 0 spiro atoms. The number of carbonyl (C=O) groups is 1. The Morgan fingerprint density at radius 2 is 2.06 bits per heavy atom. The largest absolute Gasteiger partial charge is 0.336 e. The van der Waals surface area contributed by atoms with Crippen LogP contribution in [0.25, 0.3) is 6.08 Å². The lowest BCUT2D eigenvalue weighted by Gasteiger charge is -2.16. The van der Waals surface area contributed by atoms with Crippen molar-refractivity contribution < 1.29 is 13.6 Å². The van der Waals surface area contributed by atoms with E-state index in [2.05, 4.69) is 6.58 Å². The smallest absolute Gasteiger partial charge is 0.267 e. The summed E-state index contributed by atoms with van der Waals surface area (Å²) < 4.78 is 26.0. The van der Waals surface area contributed by atoms with Crippen LogP contribution in [-0.4, -0.2) is 29.8 Å². The van der Waals surface area contributed by atoms with Crippen LogP contribution in [0.2, 0.25) is 0 Å². The zero-order chi connectivity index (χ0) is 13.2. The van der Waals surface area contributed by atoms with Crippen molar-refractivity contribution in [3.8, 4) is 0 Å². The molecule has 4 heteroatoms. The van der Waals surface area contributed by atoms with Crippen LogP contribution in [-0.2, 0) is 11.2 Å². The first-order valence-electron chi connectivity index (χ1n) is 5.87. The highest BCUT2D eigenvalue weighted by molar-refractivity contribution is 5.79. The molecule has 0 unspecified atom stereocenters. The first kappa shape index (κ1) is 12.7. The summed E-state index contributed by atoms with van der Waals surface area (Å²) in [6.07, 6.45) is 1.66. The summed E-state index contributed by atoms with van der Waals surface area (Å²) in [5.41, 5.74) is 1.81. The fraction of sp³-hybridized carbons (Fsp3) is 0.357. The molecule has 1 amide bonds. The lowest BCUT2D eigenvalue weighted by Crippen LogP contribution is -2.32. The Morgan fingerprint density at radius 1 is 1.39 bits per heavy atom. The summed E-state index contributed by atoms with van der Waals surface area (Å²) >= 11 is 0. The quantitative estimate of drug-likeness (QED) is 0.809. The summed E-state index contributed by atoms with van der Waals surface area (Å²) in [4.78, 5) is 13.1. The maximum Gasteiger partial charge on any atom is 0.267 e. The molecular formula is C14H15F2NO. The van der Waals surface area contributed by atoms with Crippen molar-refractivity contribution in [3.63, 3.8) is 0 Å². The second kappa shape index (κ2) is 4.88. The highest BCUT2D eigenvalue weighted by atomic mass is 19.3. The SMILES string of the molecule is C=Cc1ccc(CC(=O)N2CCC(F)(F)C2)cc1. The second-order valence-corrected chi connectivity index (χ2v) is 4.54. The molecule has 0 aromatic heterocycles. The van der Waals surface area contributed by atoms with Gasteiger partial charge in [0.1, 0.15) is 0 Å². The van der Waals surface area contributed by atoms with Gasteiger partial charge in [-0.25, -0.2) is 8.78 Å². The summed E-state index contributed by atoms with van der Waals surface area (Å²) in [5, 5.41) is 0. The number of halogens is 2. The number of rotatable bonds is 3. The van der Waals surface area contributed by atoms with Crippen LogP contribution in [0.4, 0.5) is 8.78 Å². The molecule has 0 radical (unpaired) electrons. The van der Waals surface area contributed by atoms with Gasteiger partial charge in [-0.3, -0.25) is 4.79 Å². The van der Waals surface area contributed by atoms with E-state index in [4.69, 9.17) is 0 Å². The van der Waals surface area contributed by atoms with E-state index in [1.807, 2.05) is 24.3 Å². The first-order chi connectivity index (χ1) is 8.50. The van der Waals surface area contributed by atoms with Gasteiger partial charge in [0.15, 0.2) is 0 Å². The number of benzene rings is 1. The van der Waals surface area contributed by atoms with Crippen LogP contribution in [0.3, 0.4) is 0 Å². The highest BCUT2D eigenvalue weighted by Crippen LogP contribution is 2.27. The predicted octanol–water partition coefficient (Wildman–Crippen LogP) is 2.74. The van der Waals surface area contributed by atoms with E-state index < -0.39 is 12.5 Å². The average molecular weight is 251 g/mol. The Morgan fingerprint density at radius 3 is 2.56 bits per heavy atom. The van der Waals surface area contributed by atoms with Gasteiger partial charge in [0.25, 0.3) is 5.92 Å². The van der Waals surface area contributed by atoms with Gasteiger partial charge in [-0.05, 0) is 11.1 Å². The van der Waals surface area contributed by atoms with Crippen LogP contribution < -0.4 is 0 Å². The molecule has 0 saturated carbocycles. The molecule has 1 aliphatic heterocycles. The Labute approximate surface area is 105 Å². The minimum absolute atomic E-state index is 0.149. The summed E-state index contributed by atoms with van der Waals surface area (Å²) in [6, 6.07) is 7.36. The van der Waals surface area contributed by atoms with Crippen molar-refractivity contribution in [1.82, 2.24) is 4.90 Å². The fourth-order valence-corrected chi connectivity index (χ4v) is 2.01. The predicted molar refractivity (Wildman–Crippen MR) is 66.4 cm³/mol. The van der Waals surface area contributed by atoms with Crippen molar-refractivity contribution in [2.45, 2.75) is 18.8 Å². The molecule has 96 valence electrons. The third kappa shape index (κ3) is 2.94. The number of alkyl halides is 2. The van der Waals surface area contributed by atoms with Gasteiger partial charge < -0.3 is 4.90 Å². The monoisotopic (exact) mass is 251 g/mol. The molecular weight excluding hydrogens is 236 g/mol. The summed E-state index contributed by atoms with van der Waals surface area (Å²) in [6.45, 7) is 3.34. The van der Waals surface area contributed by atoms with Gasteiger partial charge in [-0.2, -0.15) is 0 Å². The van der Waals surface area contributed by atoms with Gasteiger partial charge in [-0.1, -0.05) is 36.9 Å². The number of nitrogens with zero attached hydrogens (tertiary/aromatic N) is 1. The molecule has 0 N–H and O–H groups in total. The van der Waals surface area contributed by atoms with Gasteiger partial charge >= 0.3 is 0 Å². The van der Waals surface area contributed by atoms with Crippen LogP contribution in [0.1, 0.15) is 17.5 Å². The highest BCUT2D eigenvalue weighted by Gasteiger charge is 2.39. The van der Waals surface area contributed by atoms with Gasteiger partial charge in [0, 0.05) is 13.0 Å². The standard InChI is InChI=1S/C14H15F2NO/c1-2-11-3-5-12(6-4-11)9-13(18)17-8-7-14(15,16)10-17/h2-6H,1,7-10H2. The van der Waals surface area contributed by atoms with Crippen LogP contribution in [0.15, 0.2) is 30.8 Å². The number of hydrogen-bond donors (Lipinski definition) is 0. The maximum absolute atomic E-state index is 13.0. The first-order valence-corrected chi connectivity index (χ1v) is 5.87. The van der Waals surface area contributed by atoms with Crippen LogP contribution >= 0.6 is 0 Å². The van der Waals surface area contributed by atoms with Crippen molar-refractivity contribution in [1.29, 1.82) is 0 Å². The Kier molecular flexibility index (Phi) is 3.45. The van der Waals surface area contributed by atoms with Crippen molar-refractivity contribution >= 4 is 12.0 Å². The van der Waals surface area contributed by atoms with E-state index >= 15 is 0 Å². The molecule has 1 heterocycles. The molecule has 1 saturated heterocycles. The van der Waals surface area contributed by atoms with Gasteiger partial charge in [0.05, 0.1) is 13.0 Å². The summed E-state index contributed by atoms with van der Waals surface area (Å²) in [5.74, 6) is -2.96. The lowest BCUT2D eigenvalue weighted by molar-refractivity contribution is -0.130. The van der Waals surface area contributed by atoms with Crippen molar-refractivity contribution in [3.05, 3.63) is 42.0 Å². The minimum Gasteiger partial charge on any atom is -0.336 e. The number of carbonyl (C=O) groups excluding carboxylic acids is 1. The molecule has 1 fully saturated rings. The molecule has 1 aliphatic rings. The molecule has 0 aliphatic carbocycles. The van der Waals surface area contributed by atoms with E-state index in [9.17, 15) is 13.6 Å². The zero-order valence-corrected chi connectivity index (χ0v) is 10.0. The van der Waals surface area contributed by atoms with Crippen LogP contribution in [0.5, 0.6) is 0 Å². The average Bonchev–Trinajstić information content (AvgIpc) is 2.71. The molecule has 0 atom stereocenters. The van der Waals surface area contributed by atoms with Crippen molar-refractivity contribution in [2.24, 2.45) is 0 Å². The Balaban J connectivity index is 1.97. The van der Waals surface area contributed by atoms with E-state index in [0.29, 0.717) is 0 Å². The van der Waals surface area contributed by atoms with E-state index in [0.717, 1.165) is 11.1 Å².